The summed E-state index contributed by atoms with van der Waals surface area (Å²) in [7, 11) is 1.63. The van der Waals surface area contributed by atoms with Gasteiger partial charge >= 0.3 is 0 Å². The minimum absolute atomic E-state index is 0. The first-order valence-corrected chi connectivity index (χ1v) is 6.25. The van der Waals surface area contributed by atoms with Crippen molar-refractivity contribution >= 4 is 24.2 Å². The average molecular weight is 278 g/mol. The molecule has 0 aromatic rings. The molecule has 2 amide bonds. The van der Waals surface area contributed by atoms with Gasteiger partial charge in [-0.05, 0) is 25.3 Å². The van der Waals surface area contributed by atoms with Crippen molar-refractivity contribution in [3.05, 3.63) is 0 Å². The number of hydrogen-bond acceptors (Lipinski definition) is 3. The van der Waals surface area contributed by atoms with Gasteiger partial charge in [-0.15, -0.1) is 12.4 Å². The van der Waals surface area contributed by atoms with Crippen LogP contribution in [0.4, 0.5) is 0 Å². The third kappa shape index (κ3) is 5.23. The number of halogens is 1. The molecule has 0 heterocycles. The fourth-order valence-electron chi connectivity index (χ4n) is 2.26. The summed E-state index contributed by atoms with van der Waals surface area (Å²) >= 11 is 0. The number of nitrogens with zero attached hydrogens (tertiary/aromatic N) is 1. The largest absolute Gasteiger partial charge is 0.352 e. The first-order chi connectivity index (χ1) is 8.04. The van der Waals surface area contributed by atoms with E-state index in [0.29, 0.717) is 12.5 Å². The number of carbonyl (C=O) groups is 2. The highest BCUT2D eigenvalue weighted by Crippen LogP contribution is 2.23. The molecule has 1 saturated carbocycles. The molecule has 1 rings (SSSR count). The summed E-state index contributed by atoms with van der Waals surface area (Å²) in [5, 5.41) is 2.99. The number of hydrogen-bond donors (Lipinski definition) is 2. The van der Waals surface area contributed by atoms with Crippen molar-refractivity contribution in [1.82, 2.24) is 10.2 Å². The standard InChI is InChI=1S/C12H23N3O2.ClH/c1-9(16)15(2)8-12(17)14-11-6-4-3-5-10(11)7-13;/h10-11H,3-8,13H2,1-2H3,(H,14,17);1H. The maximum Gasteiger partial charge on any atom is 0.239 e. The molecule has 2 unspecified atom stereocenters. The molecule has 0 aliphatic heterocycles. The molecule has 0 aromatic heterocycles. The van der Waals surface area contributed by atoms with E-state index >= 15 is 0 Å². The summed E-state index contributed by atoms with van der Waals surface area (Å²) in [4.78, 5) is 24.2. The summed E-state index contributed by atoms with van der Waals surface area (Å²) in [6, 6.07) is 0.182. The summed E-state index contributed by atoms with van der Waals surface area (Å²) in [5.41, 5.74) is 5.70. The quantitative estimate of drug-likeness (QED) is 0.787. The number of amides is 2. The van der Waals surface area contributed by atoms with Crippen molar-refractivity contribution in [2.24, 2.45) is 11.7 Å². The van der Waals surface area contributed by atoms with Gasteiger partial charge in [-0.2, -0.15) is 0 Å². The highest BCUT2D eigenvalue weighted by molar-refractivity contribution is 5.85. The van der Waals surface area contributed by atoms with Gasteiger partial charge in [0, 0.05) is 20.0 Å². The van der Waals surface area contributed by atoms with E-state index in [1.165, 1.54) is 18.2 Å². The number of nitrogens with one attached hydrogen (secondary N) is 1. The lowest BCUT2D eigenvalue weighted by atomic mass is 9.84. The van der Waals surface area contributed by atoms with Crippen molar-refractivity contribution in [3.63, 3.8) is 0 Å². The van der Waals surface area contributed by atoms with Crippen molar-refractivity contribution in [2.75, 3.05) is 20.1 Å². The van der Waals surface area contributed by atoms with Gasteiger partial charge in [0.25, 0.3) is 0 Å². The SMILES string of the molecule is CC(=O)N(C)CC(=O)NC1CCCCC1CN.Cl. The Morgan fingerprint density at radius 3 is 2.50 bits per heavy atom. The Labute approximate surface area is 115 Å². The minimum Gasteiger partial charge on any atom is -0.352 e. The van der Waals surface area contributed by atoms with Crippen LogP contribution in [0, 0.1) is 5.92 Å². The molecule has 0 saturated heterocycles. The molecule has 0 aromatic carbocycles. The summed E-state index contributed by atoms with van der Waals surface area (Å²) in [6.07, 6.45) is 4.42. The summed E-state index contributed by atoms with van der Waals surface area (Å²) in [5.74, 6) is 0.197. The van der Waals surface area contributed by atoms with E-state index in [1.54, 1.807) is 7.05 Å². The number of rotatable bonds is 4. The minimum atomic E-state index is -0.0980. The van der Waals surface area contributed by atoms with Gasteiger partial charge < -0.3 is 16.0 Å². The van der Waals surface area contributed by atoms with Crippen LogP contribution < -0.4 is 11.1 Å². The zero-order valence-corrected chi connectivity index (χ0v) is 12.0. The molecule has 0 spiro atoms. The molecule has 0 bridgehead atoms. The van der Waals surface area contributed by atoms with Crippen molar-refractivity contribution in [3.8, 4) is 0 Å². The number of likely N-dealkylation sites (N-methyl/N-ethyl adjacent to an activating group) is 1. The molecule has 1 aliphatic rings. The summed E-state index contributed by atoms with van der Waals surface area (Å²) < 4.78 is 0. The molecule has 106 valence electrons. The fourth-order valence-corrected chi connectivity index (χ4v) is 2.26. The van der Waals surface area contributed by atoms with E-state index in [9.17, 15) is 9.59 Å². The van der Waals surface area contributed by atoms with E-state index in [4.69, 9.17) is 5.73 Å². The molecular formula is C12H24ClN3O2. The van der Waals surface area contributed by atoms with Gasteiger partial charge in [0.2, 0.25) is 11.8 Å². The third-order valence-electron chi connectivity index (χ3n) is 3.48. The Bertz CT molecular complexity index is 286. The van der Waals surface area contributed by atoms with Crippen LogP contribution in [-0.4, -0.2) is 42.9 Å². The topological polar surface area (TPSA) is 75.4 Å². The van der Waals surface area contributed by atoms with Crippen molar-refractivity contribution in [1.29, 1.82) is 0 Å². The van der Waals surface area contributed by atoms with Crippen LogP contribution in [-0.2, 0) is 9.59 Å². The summed E-state index contributed by atoms with van der Waals surface area (Å²) in [6.45, 7) is 2.20. The van der Waals surface area contributed by atoms with E-state index < -0.39 is 0 Å². The molecule has 18 heavy (non-hydrogen) atoms. The van der Waals surface area contributed by atoms with E-state index in [0.717, 1.165) is 19.3 Å². The van der Waals surface area contributed by atoms with Gasteiger partial charge in [-0.3, -0.25) is 9.59 Å². The van der Waals surface area contributed by atoms with E-state index in [-0.39, 0.29) is 36.8 Å². The van der Waals surface area contributed by atoms with Crippen LogP contribution >= 0.6 is 12.4 Å². The Balaban J connectivity index is 0.00000289. The lowest BCUT2D eigenvalue weighted by Crippen LogP contribution is -2.48. The molecule has 1 fully saturated rings. The second-order valence-corrected chi connectivity index (χ2v) is 4.83. The number of nitrogens with two attached hydrogens (primary N) is 1. The van der Waals surface area contributed by atoms with Gasteiger partial charge in [0.1, 0.15) is 0 Å². The van der Waals surface area contributed by atoms with Gasteiger partial charge in [0.15, 0.2) is 0 Å². The zero-order chi connectivity index (χ0) is 12.8. The Morgan fingerprint density at radius 1 is 1.33 bits per heavy atom. The lowest BCUT2D eigenvalue weighted by Gasteiger charge is -2.31. The maximum atomic E-state index is 11.7. The highest BCUT2D eigenvalue weighted by Gasteiger charge is 2.25. The molecule has 0 radical (unpaired) electrons. The smallest absolute Gasteiger partial charge is 0.239 e. The van der Waals surface area contributed by atoms with Gasteiger partial charge in [-0.25, -0.2) is 0 Å². The second kappa shape index (κ2) is 8.32. The van der Waals surface area contributed by atoms with Crippen molar-refractivity contribution in [2.45, 2.75) is 38.6 Å². The first kappa shape index (κ1) is 17.2. The Hall–Kier alpha value is -0.810. The first-order valence-electron chi connectivity index (χ1n) is 6.25. The Morgan fingerprint density at radius 2 is 1.94 bits per heavy atom. The third-order valence-corrected chi connectivity index (χ3v) is 3.48. The van der Waals surface area contributed by atoms with Crippen LogP contribution in [0.3, 0.4) is 0 Å². The van der Waals surface area contributed by atoms with Crippen LogP contribution in [0.1, 0.15) is 32.6 Å². The van der Waals surface area contributed by atoms with Crippen LogP contribution in [0.5, 0.6) is 0 Å². The maximum absolute atomic E-state index is 11.7. The second-order valence-electron chi connectivity index (χ2n) is 4.83. The predicted octanol–water partition coefficient (Wildman–Crippen LogP) is 0.520. The Kier molecular flexibility index (Phi) is 7.95. The zero-order valence-electron chi connectivity index (χ0n) is 11.1. The molecule has 6 heteroatoms. The van der Waals surface area contributed by atoms with Gasteiger partial charge in [-0.1, -0.05) is 12.8 Å². The monoisotopic (exact) mass is 277 g/mol. The average Bonchev–Trinajstić information content (AvgIpc) is 2.29. The van der Waals surface area contributed by atoms with Crippen LogP contribution in [0.2, 0.25) is 0 Å². The highest BCUT2D eigenvalue weighted by atomic mass is 35.5. The van der Waals surface area contributed by atoms with Crippen molar-refractivity contribution < 1.29 is 9.59 Å². The normalized spacial score (nSPS) is 22.8. The molecule has 5 nitrogen and oxygen atoms in total. The molecule has 1 aliphatic carbocycles. The number of carbonyl (C=O) groups excluding carboxylic acids is 2. The van der Waals surface area contributed by atoms with E-state index in [1.807, 2.05) is 0 Å². The molecule has 3 N–H and O–H groups in total. The lowest BCUT2D eigenvalue weighted by molar-refractivity contribution is -0.133. The van der Waals surface area contributed by atoms with E-state index in [2.05, 4.69) is 5.32 Å². The predicted molar refractivity (Wildman–Crippen MR) is 73.5 cm³/mol. The molecular weight excluding hydrogens is 254 g/mol. The fraction of sp³-hybridized carbons (Fsp3) is 0.833. The molecule has 2 atom stereocenters. The van der Waals surface area contributed by atoms with Crippen LogP contribution in [0.15, 0.2) is 0 Å². The van der Waals surface area contributed by atoms with Crippen LogP contribution in [0.25, 0.3) is 0 Å². The van der Waals surface area contributed by atoms with Gasteiger partial charge in [0.05, 0.1) is 6.54 Å².